The molecule has 226 valence electrons. The number of nitrogens with zero attached hydrogens (tertiary/aromatic N) is 1. The predicted octanol–water partition coefficient (Wildman–Crippen LogP) is 3.95. The van der Waals surface area contributed by atoms with E-state index in [0.29, 0.717) is 48.8 Å². The predicted molar refractivity (Wildman–Crippen MR) is 155 cm³/mol. The van der Waals surface area contributed by atoms with Crippen molar-refractivity contribution >= 4 is 40.9 Å². The standard InChI is InChI=1S/C30H30F3N5O5/c31-30(32,33)43-23-12-10-22(11-13-23)36-29(41)28(35-19-27(40)38-15-17-42-18-16-38)21-8-5-20(6-9-21)7-14-26(39)37-25-4-2-1-3-24(25)34/h1-14,28,35H,15-19,34H2,(H,36,41)(H,37,39)/b14-7+. The van der Waals surface area contributed by atoms with Gasteiger partial charge in [-0.05, 0) is 53.6 Å². The highest BCUT2D eigenvalue weighted by molar-refractivity contribution is 6.03. The van der Waals surface area contributed by atoms with Crippen LogP contribution in [0.3, 0.4) is 0 Å². The number of nitrogens with two attached hydrogens (primary N) is 1. The summed E-state index contributed by atoms with van der Waals surface area (Å²) in [6.07, 6.45) is -1.90. The maximum Gasteiger partial charge on any atom is 0.573 e. The summed E-state index contributed by atoms with van der Waals surface area (Å²) in [5, 5.41) is 8.34. The Morgan fingerprint density at radius 2 is 1.63 bits per heavy atom. The molecule has 1 saturated heterocycles. The first-order valence-corrected chi connectivity index (χ1v) is 13.3. The molecule has 3 aromatic carbocycles. The molecule has 1 fully saturated rings. The Morgan fingerprint density at radius 1 is 0.953 bits per heavy atom. The molecule has 4 rings (SSSR count). The van der Waals surface area contributed by atoms with Crippen LogP contribution in [0.15, 0.2) is 78.9 Å². The number of halogens is 3. The van der Waals surface area contributed by atoms with Crippen molar-refractivity contribution in [2.24, 2.45) is 0 Å². The minimum atomic E-state index is -4.84. The SMILES string of the molecule is Nc1ccccc1NC(=O)/C=C/c1ccc(C(NCC(=O)N2CCOCC2)C(=O)Nc2ccc(OC(F)(F)F)cc2)cc1. The van der Waals surface area contributed by atoms with Crippen molar-refractivity contribution in [1.29, 1.82) is 0 Å². The number of amides is 3. The van der Waals surface area contributed by atoms with Crippen molar-refractivity contribution in [3.63, 3.8) is 0 Å². The van der Waals surface area contributed by atoms with Gasteiger partial charge in [0.05, 0.1) is 31.1 Å². The van der Waals surface area contributed by atoms with E-state index in [1.165, 1.54) is 18.2 Å². The third-order valence-corrected chi connectivity index (χ3v) is 6.35. The molecule has 13 heteroatoms. The van der Waals surface area contributed by atoms with Gasteiger partial charge in [-0.3, -0.25) is 19.7 Å². The number of ether oxygens (including phenoxy) is 2. The molecule has 1 heterocycles. The van der Waals surface area contributed by atoms with Crippen molar-refractivity contribution in [3.8, 4) is 5.75 Å². The van der Waals surface area contributed by atoms with Crippen LogP contribution in [0.5, 0.6) is 5.75 Å². The third kappa shape index (κ3) is 9.58. The van der Waals surface area contributed by atoms with E-state index >= 15 is 0 Å². The second-order valence-corrected chi connectivity index (χ2v) is 9.45. The highest BCUT2D eigenvalue weighted by Gasteiger charge is 2.31. The fraction of sp³-hybridized carbons (Fsp3) is 0.233. The van der Waals surface area contributed by atoms with Crippen molar-refractivity contribution in [3.05, 3.63) is 90.0 Å². The first-order chi connectivity index (χ1) is 20.6. The van der Waals surface area contributed by atoms with Crippen LogP contribution in [-0.2, 0) is 19.1 Å². The van der Waals surface area contributed by atoms with Crippen LogP contribution in [0.1, 0.15) is 17.2 Å². The fourth-order valence-corrected chi connectivity index (χ4v) is 4.19. The van der Waals surface area contributed by atoms with Crippen LogP contribution >= 0.6 is 0 Å². The topological polar surface area (TPSA) is 135 Å². The largest absolute Gasteiger partial charge is 0.573 e. The number of para-hydroxylation sites is 2. The molecule has 1 atom stereocenters. The second-order valence-electron chi connectivity index (χ2n) is 9.45. The van der Waals surface area contributed by atoms with Gasteiger partial charge < -0.3 is 30.7 Å². The highest BCUT2D eigenvalue weighted by atomic mass is 19.4. The summed E-state index contributed by atoms with van der Waals surface area (Å²) in [7, 11) is 0. The third-order valence-electron chi connectivity index (χ3n) is 6.35. The first-order valence-electron chi connectivity index (χ1n) is 13.3. The average molecular weight is 598 g/mol. The molecule has 1 aliphatic heterocycles. The van der Waals surface area contributed by atoms with E-state index in [2.05, 4.69) is 20.7 Å². The Bertz CT molecular complexity index is 1440. The number of rotatable bonds is 10. The number of hydrogen-bond acceptors (Lipinski definition) is 7. The highest BCUT2D eigenvalue weighted by Crippen LogP contribution is 2.25. The van der Waals surface area contributed by atoms with Gasteiger partial charge in [-0.1, -0.05) is 36.4 Å². The summed E-state index contributed by atoms with van der Waals surface area (Å²) in [5.74, 6) is -1.56. The van der Waals surface area contributed by atoms with Gasteiger partial charge in [0.15, 0.2) is 0 Å². The van der Waals surface area contributed by atoms with E-state index in [4.69, 9.17) is 10.5 Å². The van der Waals surface area contributed by atoms with E-state index in [-0.39, 0.29) is 24.0 Å². The Labute approximate surface area is 245 Å². The number of carbonyl (C=O) groups excluding carboxylic acids is 3. The van der Waals surface area contributed by atoms with Gasteiger partial charge in [0.1, 0.15) is 11.8 Å². The van der Waals surface area contributed by atoms with Crippen LogP contribution < -0.4 is 26.4 Å². The number of nitrogens with one attached hydrogen (secondary N) is 3. The summed E-state index contributed by atoms with van der Waals surface area (Å²) >= 11 is 0. The van der Waals surface area contributed by atoms with E-state index in [1.54, 1.807) is 59.5 Å². The minimum Gasteiger partial charge on any atom is -0.406 e. The number of hydrogen-bond donors (Lipinski definition) is 4. The smallest absolute Gasteiger partial charge is 0.406 e. The molecule has 1 unspecified atom stereocenters. The molecule has 0 radical (unpaired) electrons. The van der Waals surface area contributed by atoms with Gasteiger partial charge in [0.25, 0.3) is 0 Å². The molecule has 1 aliphatic rings. The number of alkyl halides is 3. The lowest BCUT2D eigenvalue weighted by Gasteiger charge is -2.28. The lowest BCUT2D eigenvalue weighted by Crippen LogP contribution is -2.46. The lowest BCUT2D eigenvalue weighted by atomic mass is 10.0. The molecule has 10 nitrogen and oxygen atoms in total. The maximum atomic E-state index is 13.3. The quantitative estimate of drug-likeness (QED) is 0.205. The summed E-state index contributed by atoms with van der Waals surface area (Å²) in [6, 6.07) is 17.3. The van der Waals surface area contributed by atoms with Crippen molar-refractivity contribution in [2.45, 2.75) is 12.4 Å². The van der Waals surface area contributed by atoms with Crippen molar-refractivity contribution < 1.29 is 37.0 Å². The molecular weight excluding hydrogens is 567 g/mol. The second kappa shape index (κ2) is 14.3. The molecule has 43 heavy (non-hydrogen) atoms. The zero-order chi connectivity index (χ0) is 30.8. The normalized spacial score (nSPS) is 14.3. The molecular formula is C30H30F3N5O5. The molecule has 5 N–H and O–H groups in total. The zero-order valence-electron chi connectivity index (χ0n) is 22.9. The van der Waals surface area contributed by atoms with Crippen LogP contribution in [0.2, 0.25) is 0 Å². The van der Waals surface area contributed by atoms with Gasteiger partial charge in [-0.15, -0.1) is 13.2 Å². The van der Waals surface area contributed by atoms with Crippen molar-refractivity contribution in [2.75, 3.05) is 49.2 Å². The Balaban J connectivity index is 1.45. The summed E-state index contributed by atoms with van der Waals surface area (Å²) < 4.78 is 46.6. The maximum absolute atomic E-state index is 13.3. The minimum absolute atomic E-state index is 0.138. The number of anilines is 3. The monoisotopic (exact) mass is 597 g/mol. The number of nitrogen functional groups attached to an aromatic ring is 1. The molecule has 0 bridgehead atoms. The van der Waals surface area contributed by atoms with E-state index < -0.39 is 24.1 Å². The average Bonchev–Trinajstić information content (AvgIpc) is 2.98. The summed E-state index contributed by atoms with van der Waals surface area (Å²) in [6.45, 7) is 1.59. The lowest BCUT2D eigenvalue weighted by molar-refractivity contribution is -0.274. The molecule has 3 amide bonds. The number of carbonyl (C=O) groups is 3. The van der Waals surface area contributed by atoms with Gasteiger partial charge in [-0.25, -0.2) is 0 Å². The molecule has 0 aromatic heterocycles. The van der Waals surface area contributed by atoms with E-state index in [1.807, 2.05) is 0 Å². The summed E-state index contributed by atoms with van der Waals surface area (Å²) in [4.78, 5) is 40.0. The number of morpholine rings is 1. The molecule has 0 saturated carbocycles. The van der Waals surface area contributed by atoms with Gasteiger partial charge in [-0.2, -0.15) is 0 Å². The molecule has 0 aliphatic carbocycles. The van der Waals surface area contributed by atoms with Crippen LogP contribution in [0.4, 0.5) is 30.2 Å². The van der Waals surface area contributed by atoms with Gasteiger partial charge in [0.2, 0.25) is 17.7 Å². The zero-order valence-corrected chi connectivity index (χ0v) is 22.9. The van der Waals surface area contributed by atoms with Crippen molar-refractivity contribution in [1.82, 2.24) is 10.2 Å². The van der Waals surface area contributed by atoms with E-state index in [0.717, 1.165) is 12.1 Å². The van der Waals surface area contributed by atoms with Crippen LogP contribution in [0, 0.1) is 0 Å². The molecule has 0 spiro atoms. The van der Waals surface area contributed by atoms with E-state index in [9.17, 15) is 27.6 Å². The summed E-state index contributed by atoms with van der Waals surface area (Å²) in [5.41, 5.74) is 8.19. The fourth-order valence-electron chi connectivity index (χ4n) is 4.19. The number of benzene rings is 3. The molecule has 3 aromatic rings. The van der Waals surface area contributed by atoms with Crippen LogP contribution in [-0.4, -0.2) is 61.8 Å². The van der Waals surface area contributed by atoms with Crippen LogP contribution in [0.25, 0.3) is 6.08 Å². The van der Waals surface area contributed by atoms with Gasteiger partial charge in [0, 0.05) is 24.9 Å². The Morgan fingerprint density at radius 3 is 2.28 bits per heavy atom. The Hall–Kier alpha value is -4.88. The first kappa shape index (κ1) is 31.1. The Kier molecular flexibility index (Phi) is 10.4. The van der Waals surface area contributed by atoms with Gasteiger partial charge >= 0.3 is 6.36 Å².